The number of rotatable bonds is 4. The highest BCUT2D eigenvalue weighted by Gasteiger charge is 2.30. The van der Waals surface area contributed by atoms with Crippen LogP contribution >= 0.6 is 11.6 Å². The van der Waals surface area contributed by atoms with Crippen molar-refractivity contribution >= 4 is 11.6 Å². The summed E-state index contributed by atoms with van der Waals surface area (Å²) in [6.45, 7) is 7.23. The summed E-state index contributed by atoms with van der Waals surface area (Å²) in [5.41, 5.74) is 8.43. The molecule has 1 aliphatic carbocycles. The number of aromatic nitrogens is 2. The number of aryl methyl sites for hydroxylation is 2. The van der Waals surface area contributed by atoms with Gasteiger partial charge in [0.05, 0.1) is 16.4 Å². The number of nitrogens with two attached hydrogens (primary N) is 1. The Morgan fingerprint density at radius 2 is 2.22 bits per heavy atom. The maximum absolute atomic E-state index is 6.40. The van der Waals surface area contributed by atoms with Crippen LogP contribution in [0.4, 0.5) is 0 Å². The summed E-state index contributed by atoms with van der Waals surface area (Å²) in [5, 5.41) is 5.26. The Morgan fingerprint density at radius 1 is 1.50 bits per heavy atom. The molecule has 0 saturated heterocycles. The molecule has 0 radical (unpaired) electrons. The Kier molecular flexibility index (Phi) is 4.33. The first kappa shape index (κ1) is 13.9. The van der Waals surface area contributed by atoms with Gasteiger partial charge in [-0.2, -0.15) is 5.10 Å². The van der Waals surface area contributed by atoms with Gasteiger partial charge in [0, 0.05) is 19.0 Å². The van der Waals surface area contributed by atoms with Crippen LogP contribution in [0.5, 0.6) is 0 Å². The highest BCUT2D eigenvalue weighted by molar-refractivity contribution is 6.31. The third-order valence-electron chi connectivity index (χ3n) is 4.36. The van der Waals surface area contributed by atoms with Gasteiger partial charge in [-0.05, 0) is 32.1 Å². The second-order valence-electron chi connectivity index (χ2n) is 5.60. The van der Waals surface area contributed by atoms with Crippen molar-refractivity contribution in [2.24, 2.45) is 17.6 Å². The smallest absolute Gasteiger partial charge is 0.0847 e. The van der Waals surface area contributed by atoms with Crippen LogP contribution < -0.4 is 5.73 Å². The van der Waals surface area contributed by atoms with Crippen LogP contribution in [0, 0.1) is 18.8 Å². The first-order valence-electron chi connectivity index (χ1n) is 7.02. The SMILES string of the molecule is CCn1nc(C)c(Cl)c1CC(N)C1CCCC1C. The fourth-order valence-corrected chi connectivity index (χ4v) is 3.46. The minimum absolute atomic E-state index is 0.210. The van der Waals surface area contributed by atoms with E-state index in [0.29, 0.717) is 5.92 Å². The molecule has 2 rings (SSSR count). The summed E-state index contributed by atoms with van der Waals surface area (Å²) in [5.74, 6) is 1.39. The minimum atomic E-state index is 0.210. The van der Waals surface area contributed by atoms with Crippen molar-refractivity contribution in [1.82, 2.24) is 9.78 Å². The third kappa shape index (κ3) is 2.57. The van der Waals surface area contributed by atoms with Crippen molar-refractivity contribution in [3.63, 3.8) is 0 Å². The number of hydrogen-bond donors (Lipinski definition) is 1. The van der Waals surface area contributed by atoms with Gasteiger partial charge in [-0.1, -0.05) is 31.4 Å². The van der Waals surface area contributed by atoms with Crippen LogP contribution in [0.25, 0.3) is 0 Å². The molecule has 3 atom stereocenters. The quantitative estimate of drug-likeness (QED) is 0.912. The fraction of sp³-hybridized carbons (Fsp3) is 0.786. The molecule has 0 spiro atoms. The molecule has 2 N–H and O–H groups in total. The molecule has 18 heavy (non-hydrogen) atoms. The van der Waals surface area contributed by atoms with Gasteiger partial charge in [0.15, 0.2) is 0 Å². The zero-order valence-corrected chi connectivity index (χ0v) is 12.4. The summed E-state index contributed by atoms with van der Waals surface area (Å²) in [7, 11) is 0. The molecule has 0 amide bonds. The lowest BCUT2D eigenvalue weighted by atomic mass is 9.88. The summed E-state index contributed by atoms with van der Waals surface area (Å²) in [4.78, 5) is 0. The normalized spacial score (nSPS) is 25.6. The van der Waals surface area contributed by atoms with Gasteiger partial charge in [-0.3, -0.25) is 4.68 Å². The van der Waals surface area contributed by atoms with E-state index in [0.717, 1.165) is 35.3 Å². The van der Waals surface area contributed by atoms with Gasteiger partial charge in [-0.15, -0.1) is 0 Å². The van der Waals surface area contributed by atoms with Gasteiger partial charge >= 0.3 is 0 Å². The average molecular weight is 270 g/mol. The van der Waals surface area contributed by atoms with Gasteiger partial charge in [-0.25, -0.2) is 0 Å². The summed E-state index contributed by atoms with van der Waals surface area (Å²) in [6, 6.07) is 0.210. The molecule has 1 aromatic heterocycles. The van der Waals surface area contributed by atoms with Gasteiger partial charge in [0.1, 0.15) is 0 Å². The second-order valence-corrected chi connectivity index (χ2v) is 5.98. The third-order valence-corrected chi connectivity index (χ3v) is 4.85. The first-order chi connectivity index (χ1) is 8.54. The van der Waals surface area contributed by atoms with Crippen LogP contribution in [0.3, 0.4) is 0 Å². The van der Waals surface area contributed by atoms with E-state index in [1.165, 1.54) is 19.3 Å². The molecule has 0 bridgehead atoms. The van der Waals surface area contributed by atoms with Crippen molar-refractivity contribution in [3.05, 3.63) is 16.4 Å². The predicted octanol–water partition coefficient (Wildman–Crippen LogP) is 3.17. The lowest BCUT2D eigenvalue weighted by molar-refractivity contribution is 0.338. The summed E-state index contributed by atoms with van der Waals surface area (Å²) >= 11 is 6.34. The van der Waals surface area contributed by atoms with E-state index in [-0.39, 0.29) is 6.04 Å². The number of hydrogen-bond acceptors (Lipinski definition) is 2. The topological polar surface area (TPSA) is 43.8 Å². The fourth-order valence-electron chi connectivity index (χ4n) is 3.25. The first-order valence-corrected chi connectivity index (χ1v) is 7.39. The van der Waals surface area contributed by atoms with Crippen LogP contribution in [-0.4, -0.2) is 15.8 Å². The molecule has 0 aliphatic heterocycles. The van der Waals surface area contributed by atoms with E-state index in [1.54, 1.807) is 0 Å². The Bertz CT molecular complexity index is 413. The predicted molar refractivity (Wildman–Crippen MR) is 75.8 cm³/mol. The van der Waals surface area contributed by atoms with Gasteiger partial charge < -0.3 is 5.73 Å². The van der Waals surface area contributed by atoms with Crippen LogP contribution in [0.1, 0.15) is 44.5 Å². The zero-order valence-electron chi connectivity index (χ0n) is 11.6. The van der Waals surface area contributed by atoms with E-state index in [2.05, 4.69) is 18.9 Å². The molecular weight excluding hydrogens is 246 g/mol. The van der Waals surface area contributed by atoms with Crippen LogP contribution in [0.2, 0.25) is 5.02 Å². The summed E-state index contributed by atoms with van der Waals surface area (Å²) < 4.78 is 2.00. The standard InChI is InChI=1S/C14H24ClN3/c1-4-18-13(14(15)10(3)17-18)8-12(16)11-7-5-6-9(11)2/h9,11-12H,4-8,16H2,1-3H3. The Labute approximate surface area is 115 Å². The molecule has 1 heterocycles. The highest BCUT2D eigenvalue weighted by Crippen LogP contribution is 2.34. The van der Waals surface area contributed by atoms with Gasteiger partial charge in [0.2, 0.25) is 0 Å². The summed E-state index contributed by atoms with van der Waals surface area (Å²) in [6.07, 6.45) is 4.75. The Morgan fingerprint density at radius 3 is 2.78 bits per heavy atom. The van der Waals surface area contributed by atoms with E-state index >= 15 is 0 Å². The number of halogens is 1. The lowest BCUT2D eigenvalue weighted by Crippen LogP contribution is -2.34. The molecular formula is C14H24ClN3. The van der Waals surface area contributed by atoms with E-state index in [4.69, 9.17) is 17.3 Å². The van der Waals surface area contributed by atoms with Crippen molar-refractivity contribution < 1.29 is 0 Å². The van der Waals surface area contributed by atoms with Crippen LogP contribution in [0.15, 0.2) is 0 Å². The van der Waals surface area contributed by atoms with Crippen molar-refractivity contribution in [2.75, 3.05) is 0 Å². The van der Waals surface area contributed by atoms with E-state index in [9.17, 15) is 0 Å². The molecule has 1 fully saturated rings. The van der Waals surface area contributed by atoms with E-state index < -0.39 is 0 Å². The van der Waals surface area contributed by atoms with E-state index in [1.807, 2.05) is 11.6 Å². The van der Waals surface area contributed by atoms with Crippen molar-refractivity contribution in [1.29, 1.82) is 0 Å². The average Bonchev–Trinajstić information content (AvgIpc) is 2.87. The molecule has 1 aliphatic rings. The number of nitrogens with zero attached hydrogens (tertiary/aromatic N) is 2. The molecule has 3 unspecified atom stereocenters. The molecule has 102 valence electrons. The molecule has 1 saturated carbocycles. The molecule has 0 aromatic carbocycles. The van der Waals surface area contributed by atoms with Gasteiger partial charge in [0.25, 0.3) is 0 Å². The molecule has 1 aromatic rings. The zero-order chi connectivity index (χ0) is 13.3. The lowest BCUT2D eigenvalue weighted by Gasteiger charge is -2.23. The van der Waals surface area contributed by atoms with Crippen LogP contribution in [-0.2, 0) is 13.0 Å². The maximum Gasteiger partial charge on any atom is 0.0847 e. The maximum atomic E-state index is 6.40. The van der Waals surface area contributed by atoms with Crippen molar-refractivity contribution in [2.45, 2.75) is 59.0 Å². The molecule has 4 heteroatoms. The van der Waals surface area contributed by atoms with Crippen molar-refractivity contribution in [3.8, 4) is 0 Å². The Balaban J connectivity index is 2.13. The highest BCUT2D eigenvalue weighted by atomic mass is 35.5. The minimum Gasteiger partial charge on any atom is -0.327 e. The monoisotopic (exact) mass is 269 g/mol. The second kappa shape index (κ2) is 5.62. The molecule has 3 nitrogen and oxygen atoms in total. The Hall–Kier alpha value is -0.540. The largest absolute Gasteiger partial charge is 0.327 e.